The topological polar surface area (TPSA) is 52.0 Å². The van der Waals surface area contributed by atoms with E-state index in [1.54, 1.807) is 6.08 Å². The van der Waals surface area contributed by atoms with E-state index in [0.717, 1.165) is 23.1 Å². The summed E-state index contributed by atoms with van der Waals surface area (Å²) in [5.41, 5.74) is -0.745. The van der Waals surface area contributed by atoms with E-state index in [-0.39, 0.29) is 34.7 Å². The lowest BCUT2D eigenvalue weighted by Crippen LogP contribution is -2.15. The first-order valence-corrected chi connectivity index (χ1v) is 10.7. The summed E-state index contributed by atoms with van der Waals surface area (Å²) in [5.74, 6) is -0.582. The SMILES string of the molecule is C=CCn1nc(C2=CC=C(S(C)(=O)=O)CC=C2)c(-c2ccc(F)cc2)c1C(F)(F)F. The van der Waals surface area contributed by atoms with Crippen LogP contribution < -0.4 is 0 Å². The number of sulfone groups is 1. The summed E-state index contributed by atoms with van der Waals surface area (Å²) in [7, 11) is -3.45. The molecular formula is C21H18F4N2O2S. The van der Waals surface area contributed by atoms with Crippen LogP contribution in [-0.4, -0.2) is 24.5 Å². The molecule has 1 aliphatic rings. The molecular weight excluding hydrogens is 420 g/mol. The first kappa shape index (κ1) is 21.8. The smallest absolute Gasteiger partial charge is 0.255 e. The van der Waals surface area contributed by atoms with Crippen molar-refractivity contribution in [2.75, 3.05) is 6.26 Å². The van der Waals surface area contributed by atoms with Gasteiger partial charge in [0.15, 0.2) is 15.5 Å². The molecule has 1 aromatic heterocycles. The number of hydrogen-bond acceptors (Lipinski definition) is 3. The summed E-state index contributed by atoms with van der Waals surface area (Å²) in [6, 6.07) is 4.65. The third kappa shape index (κ3) is 4.46. The van der Waals surface area contributed by atoms with Crippen LogP contribution in [0.5, 0.6) is 0 Å². The Morgan fingerprint density at radius 3 is 2.43 bits per heavy atom. The van der Waals surface area contributed by atoms with Crippen molar-refractivity contribution in [1.82, 2.24) is 9.78 Å². The molecule has 30 heavy (non-hydrogen) atoms. The van der Waals surface area contributed by atoms with Gasteiger partial charge in [-0.1, -0.05) is 36.4 Å². The minimum absolute atomic E-state index is 0.0121. The maximum absolute atomic E-state index is 14.0. The number of allylic oxidation sites excluding steroid dienone is 7. The Balaban J connectivity index is 2.31. The highest BCUT2D eigenvalue weighted by Gasteiger charge is 2.40. The second-order valence-corrected chi connectivity index (χ2v) is 8.75. The standard InChI is InChI=1S/C21H18F4N2O2S/c1-3-13-27-20(21(23,24)25)18(14-7-10-16(22)11-8-14)19(26-27)15-5-4-6-17(12-9-15)30(2,28)29/h3-5,7-12H,1,6,13H2,2H3. The Labute approximate surface area is 171 Å². The van der Waals surface area contributed by atoms with Gasteiger partial charge in [0.05, 0.1) is 6.54 Å². The van der Waals surface area contributed by atoms with Crippen molar-refractivity contribution < 1.29 is 26.0 Å². The molecule has 2 aromatic rings. The summed E-state index contributed by atoms with van der Waals surface area (Å²) >= 11 is 0. The van der Waals surface area contributed by atoms with Crippen LogP contribution in [0.4, 0.5) is 17.6 Å². The zero-order chi connectivity index (χ0) is 22.1. The van der Waals surface area contributed by atoms with Crippen LogP contribution in [0.3, 0.4) is 0 Å². The molecule has 0 radical (unpaired) electrons. The summed E-state index contributed by atoms with van der Waals surface area (Å²) in [6.07, 6.45) is 3.61. The van der Waals surface area contributed by atoms with E-state index in [1.165, 1.54) is 36.4 Å². The van der Waals surface area contributed by atoms with Crippen LogP contribution in [0.1, 0.15) is 17.8 Å². The van der Waals surface area contributed by atoms with Crippen LogP contribution in [0, 0.1) is 5.82 Å². The molecule has 0 amide bonds. The lowest BCUT2D eigenvalue weighted by molar-refractivity contribution is -0.143. The quantitative estimate of drug-likeness (QED) is 0.478. The number of nitrogens with zero attached hydrogens (tertiary/aromatic N) is 2. The lowest BCUT2D eigenvalue weighted by atomic mass is 9.98. The second kappa shape index (κ2) is 8.06. The zero-order valence-corrected chi connectivity index (χ0v) is 16.8. The van der Waals surface area contributed by atoms with E-state index in [0.29, 0.717) is 5.57 Å². The lowest BCUT2D eigenvalue weighted by Gasteiger charge is -2.12. The number of hydrogen-bond donors (Lipinski definition) is 0. The largest absolute Gasteiger partial charge is 0.433 e. The highest BCUT2D eigenvalue weighted by molar-refractivity contribution is 7.94. The average Bonchev–Trinajstić information content (AvgIpc) is 2.84. The molecule has 0 fully saturated rings. The number of aromatic nitrogens is 2. The predicted octanol–water partition coefficient (Wildman–Crippen LogP) is 5.17. The van der Waals surface area contributed by atoms with Crippen molar-refractivity contribution >= 4 is 15.4 Å². The average molecular weight is 438 g/mol. The molecule has 0 spiro atoms. The molecule has 0 N–H and O–H groups in total. The molecule has 1 heterocycles. The fourth-order valence-electron chi connectivity index (χ4n) is 3.14. The van der Waals surface area contributed by atoms with E-state index in [9.17, 15) is 26.0 Å². The highest BCUT2D eigenvalue weighted by Crippen LogP contribution is 2.42. The summed E-state index contributed by atoms with van der Waals surface area (Å²) < 4.78 is 79.8. The van der Waals surface area contributed by atoms with Crippen molar-refractivity contribution in [2.24, 2.45) is 0 Å². The number of alkyl halides is 3. The fraction of sp³-hybridized carbons (Fsp3) is 0.190. The summed E-state index contributed by atoms with van der Waals surface area (Å²) in [5, 5.41) is 4.15. The molecule has 3 rings (SSSR count). The molecule has 9 heteroatoms. The van der Waals surface area contributed by atoms with Crippen molar-refractivity contribution in [3.05, 3.63) is 83.3 Å². The Kier molecular flexibility index (Phi) is 5.85. The zero-order valence-electron chi connectivity index (χ0n) is 15.9. The van der Waals surface area contributed by atoms with Crippen LogP contribution in [-0.2, 0) is 22.6 Å². The molecule has 0 bridgehead atoms. The monoisotopic (exact) mass is 438 g/mol. The van der Waals surface area contributed by atoms with Crippen molar-refractivity contribution in [3.63, 3.8) is 0 Å². The fourth-order valence-corrected chi connectivity index (χ4v) is 3.85. The third-order valence-electron chi connectivity index (χ3n) is 4.47. The van der Waals surface area contributed by atoms with Gasteiger partial charge in [-0.25, -0.2) is 12.8 Å². The minimum Gasteiger partial charge on any atom is -0.255 e. The van der Waals surface area contributed by atoms with Gasteiger partial charge in [-0.3, -0.25) is 4.68 Å². The Bertz CT molecular complexity index is 1170. The molecule has 4 nitrogen and oxygen atoms in total. The maximum Gasteiger partial charge on any atom is 0.433 e. The van der Waals surface area contributed by atoms with Crippen molar-refractivity contribution in [2.45, 2.75) is 19.1 Å². The van der Waals surface area contributed by atoms with Crippen molar-refractivity contribution in [1.29, 1.82) is 0 Å². The van der Waals surface area contributed by atoms with Gasteiger partial charge in [0, 0.05) is 28.7 Å². The molecule has 0 aliphatic heterocycles. The molecule has 158 valence electrons. The maximum atomic E-state index is 14.0. The van der Waals surface area contributed by atoms with Crippen molar-refractivity contribution in [3.8, 4) is 11.1 Å². The predicted molar refractivity (Wildman–Crippen MR) is 107 cm³/mol. The van der Waals surface area contributed by atoms with Crippen LogP contribution in [0.25, 0.3) is 16.7 Å². The van der Waals surface area contributed by atoms with Gasteiger partial charge in [-0.05, 0) is 23.8 Å². The van der Waals surface area contributed by atoms with Gasteiger partial charge < -0.3 is 0 Å². The highest BCUT2D eigenvalue weighted by atomic mass is 32.2. The van der Waals surface area contributed by atoms with Crippen LogP contribution >= 0.6 is 0 Å². The van der Waals surface area contributed by atoms with E-state index >= 15 is 0 Å². The van der Waals surface area contributed by atoms with Gasteiger partial charge in [-0.15, -0.1) is 6.58 Å². The van der Waals surface area contributed by atoms with Gasteiger partial charge in [0.25, 0.3) is 0 Å². The molecule has 1 aromatic carbocycles. The molecule has 0 unspecified atom stereocenters. The molecule has 0 atom stereocenters. The Morgan fingerprint density at radius 1 is 1.20 bits per heavy atom. The minimum atomic E-state index is -4.74. The van der Waals surface area contributed by atoms with Gasteiger partial charge in [0.1, 0.15) is 11.5 Å². The Morgan fingerprint density at radius 2 is 1.87 bits per heavy atom. The third-order valence-corrected chi connectivity index (χ3v) is 5.73. The first-order chi connectivity index (χ1) is 14.0. The van der Waals surface area contributed by atoms with Gasteiger partial charge in [-0.2, -0.15) is 18.3 Å². The van der Waals surface area contributed by atoms with Gasteiger partial charge >= 0.3 is 6.18 Å². The number of rotatable bonds is 5. The van der Waals surface area contributed by atoms with E-state index in [2.05, 4.69) is 11.7 Å². The first-order valence-electron chi connectivity index (χ1n) is 8.85. The number of benzene rings is 1. The molecule has 0 saturated carbocycles. The molecule has 1 aliphatic carbocycles. The normalized spacial score (nSPS) is 14.8. The molecule has 0 saturated heterocycles. The summed E-state index contributed by atoms with van der Waals surface area (Å²) in [6.45, 7) is 3.29. The van der Waals surface area contributed by atoms with Crippen LogP contribution in [0.2, 0.25) is 0 Å². The van der Waals surface area contributed by atoms with Crippen LogP contribution in [0.15, 0.2) is 66.1 Å². The Hall–Kier alpha value is -2.94. The van der Waals surface area contributed by atoms with E-state index in [1.807, 2.05) is 0 Å². The van der Waals surface area contributed by atoms with Gasteiger partial charge in [0.2, 0.25) is 0 Å². The second-order valence-electron chi connectivity index (χ2n) is 6.68. The van der Waals surface area contributed by atoms with E-state index < -0.39 is 27.5 Å². The summed E-state index contributed by atoms with van der Waals surface area (Å²) in [4.78, 5) is 0.138. The van der Waals surface area contributed by atoms with E-state index in [4.69, 9.17) is 0 Å². The number of halogens is 4.